The zero-order valence-electron chi connectivity index (χ0n) is 10.2. The summed E-state index contributed by atoms with van der Waals surface area (Å²) in [5.74, 6) is 0.475. The minimum Gasteiger partial charge on any atom is -0.493 e. The third kappa shape index (κ3) is 2.19. The van der Waals surface area contributed by atoms with Gasteiger partial charge in [-0.25, -0.2) is 4.39 Å². The van der Waals surface area contributed by atoms with E-state index in [9.17, 15) is 4.39 Å². The lowest BCUT2D eigenvalue weighted by Gasteiger charge is -2.24. The van der Waals surface area contributed by atoms with E-state index in [2.05, 4.69) is 5.10 Å². The molecule has 16 heavy (non-hydrogen) atoms. The molecule has 5 heteroatoms. The molecule has 1 heterocycles. The quantitative estimate of drug-likeness (QED) is 0.809. The Labute approximate surface area is 95.6 Å². The van der Waals surface area contributed by atoms with Crippen molar-refractivity contribution in [3.63, 3.8) is 0 Å². The van der Waals surface area contributed by atoms with E-state index in [1.54, 1.807) is 17.8 Å². The number of rotatable bonds is 6. The highest BCUT2D eigenvalue weighted by Crippen LogP contribution is 2.35. The van der Waals surface area contributed by atoms with Gasteiger partial charge in [-0.3, -0.25) is 4.68 Å². The molecule has 1 rings (SSSR count). The van der Waals surface area contributed by atoms with Crippen molar-refractivity contribution in [3.05, 3.63) is 11.9 Å². The van der Waals surface area contributed by atoms with Crippen LogP contribution in [0.15, 0.2) is 6.20 Å². The summed E-state index contributed by atoms with van der Waals surface area (Å²) < 4.78 is 21.4. The first-order chi connectivity index (χ1) is 7.62. The van der Waals surface area contributed by atoms with Crippen molar-refractivity contribution < 1.29 is 9.13 Å². The first-order valence-electron chi connectivity index (χ1n) is 5.62. The molecule has 1 atom stereocenters. The molecule has 0 radical (unpaired) electrons. The number of hydrogen-bond acceptors (Lipinski definition) is 3. The molecule has 4 nitrogen and oxygen atoms in total. The van der Waals surface area contributed by atoms with E-state index in [0.717, 1.165) is 6.42 Å². The number of aryl methyl sites for hydroxylation is 1. The number of hydrogen-bond donors (Lipinski definition) is 1. The largest absolute Gasteiger partial charge is 0.493 e. The Morgan fingerprint density at radius 2 is 2.25 bits per heavy atom. The van der Waals surface area contributed by atoms with Crippen molar-refractivity contribution in [2.45, 2.75) is 38.9 Å². The van der Waals surface area contributed by atoms with Crippen molar-refractivity contribution in [2.75, 3.05) is 13.7 Å². The summed E-state index contributed by atoms with van der Waals surface area (Å²) >= 11 is 0. The number of methoxy groups -OCH3 is 1. The van der Waals surface area contributed by atoms with E-state index in [0.29, 0.717) is 24.4 Å². The number of ether oxygens (including phenoxy) is 1. The highest BCUT2D eigenvalue weighted by molar-refractivity contribution is 5.31. The van der Waals surface area contributed by atoms with Crippen LogP contribution in [-0.4, -0.2) is 23.4 Å². The summed E-state index contributed by atoms with van der Waals surface area (Å²) in [6.07, 6.45) is 2.75. The molecule has 0 aromatic carbocycles. The van der Waals surface area contributed by atoms with Crippen LogP contribution in [0.2, 0.25) is 0 Å². The van der Waals surface area contributed by atoms with Gasteiger partial charge in [0.25, 0.3) is 0 Å². The lowest BCUT2D eigenvalue weighted by molar-refractivity contribution is 0.148. The Hall–Kier alpha value is -1.10. The van der Waals surface area contributed by atoms with Crippen LogP contribution < -0.4 is 10.5 Å². The van der Waals surface area contributed by atoms with Crippen molar-refractivity contribution in [1.82, 2.24) is 9.78 Å². The second-order valence-electron chi connectivity index (χ2n) is 3.81. The second kappa shape index (κ2) is 5.30. The van der Waals surface area contributed by atoms with Crippen LogP contribution in [-0.2, 0) is 12.2 Å². The van der Waals surface area contributed by atoms with Gasteiger partial charge in [-0.05, 0) is 12.8 Å². The Bertz CT molecular complexity index is 334. The van der Waals surface area contributed by atoms with Gasteiger partial charge in [-0.1, -0.05) is 13.8 Å². The van der Waals surface area contributed by atoms with Crippen molar-refractivity contribution in [3.8, 4) is 5.75 Å². The maximum absolute atomic E-state index is 14.6. The van der Waals surface area contributed by atoms with E-state index in [-0.39, 0.29) is 6.54 Å². The second-order valence-corrected chi connectivity index (χ2v) is 3.81. The van der Waals surface area contributed by atoms with Gasteiger partial charge in [0.1, 0.15) is 5.69 Å². The van der Waals surface area contributed by atoms with Crippen molar-refractivity contribution >= 4 is 0 Å². The van der Waals surface area contributed by atoms with E-state index >= 15 is 0 Å². The highest BCUT2D eigenvalue weighted by atomic mass is 19.1. The predicted molar refractivity (Wildman–Crippen MR) is 61.2 cm³/mol. The van der Waals surface area contributed by atoms with Crippen molar-refractivity contribution in [2.24, 2.45) is 5.73 Å². The molecule has 0 aliphatic heterocycles. The fraction of sp³-hybridized carbons (Fsp3) is 0.727. The number of halogens is 1. The maximum Gasteiger partial charge on any atom is 0.167 e. The molecule has 0 aliphatic rings. The molecule has 0 fully saturated rings. The van der Waals surface area contributed by atoms with Gasteiger partial charge in [0.15, 0.2) is 11.4 Å². The summed E-state index contributed by atoms with van der Waals surface area (Å²) in [7, 11) is 1.52. The van der Waals surface area contributed by atoms with Gasteiger partial charge < -0.3 is 10.5 Å². The summed E-state index contributed by atoms with van der Waals surface area (Å²) in [4.78, 5) is 0. The lowest BCUT2D eigenvalue weighted by Crippen LogP contribution is -2.32. The molecule has 0 saturated heterocycles. The molecule has 0 amide bonds. The molecule has 0 spiro atoms. The Morgan fingerprint density at radius 3 is 2.69 bits per heavy atom. The first-order valence-corrected chi connectivity index (χ1v) is 5.62. The van der Waals surface area contributed by atoms with Crippen LogP contribution in [0.3, 0.4) is 0 Å². The van der Waals surface area contributed by atoms with E-state index in [4.69, 9.17) is 10.5 Å². The summed E-state index contributed by atoms with van der Waals surface area (Å²) in [5.41, 5.74) is 4.43. The molecular formula is C11H20FN3O. The Morgan fingerprint density at radius 1 is 1.56 bits per heavy atom. The third-order valence-electron chi connectivity index (χ3n) is 2.77. The SMILES string of the molecule is CCCn1ncc(OC)c1C(F)(CC)CN. The molecule has 92 valence electrons. The molecule has 2 N–H and O–H groups in total. The van der Waals surface area contributed by atoms with Crippen molar-refractivity contribution in [1.29, 1.82) is 0 Å². The minimum atomic E-state index is -1.56. The van der Waals surface area contributed by atoms with Gasteiger partial charge >= 0.3 is 0 Å². The number of aromatic nitrogens is 2. The summed E-state index contributed by atoms with van der Waals surface area (Å²) in [5, 5.41) is 4.13. The number of alkyl halides is 1. The molecular weight excluding hydrogens is 209 g/mol. The molecule has 0 aliphatic carbocycles. The Kier molecular flexibility index (Phi) is 4.29. The highest BCUT2D eigenvalue weighted by Gasteiger charge is 2.35. The average molecular weight is 229 g/mol. The minimum absolute atomic E-state index is 0.0603. The molecule has 1 aromatic rings. The van der Waals surface area contributed by atoms with E-state index in [1.165, 1.54) is 7.11 Å². The smallest absolute Gasteiger partial charge is 0.167 e. The van der Waals surface area contributed by atoms with Crippen LogP contribution in [0.5, 0.6) is 5.75 Å². The van der Waals surface area contributed by atoms with Gasteiger partial charge in [0, 0.05) is 13.1 Å². The summed E-state index contributed by atoms with van der Waals surface area (Å²) in [6.45, 7) is 4.40. The number of nitrogens with zero attached hydrogens (tertiary/aromatic N) is 2. The average Bonchev–Trinajstić information content (AvgIpc) is 2.72. The molecule has 1 aromatic heterocycles. The predicted octanol–water partition coefficient (Wildman–Crippen LogP) is 1.84. The monoisotopic (exact) mass is 229 g/mol. The van der Waals surface area contributed by atoms with Crippen LogP contribution in [0.1, 0.15) is 32.4 Å². The van der Waals surface area contributed by atoms with Gasteiger partial charge in [-0.15, -0.1) is 0 Å². The van der Waals surface area contributed by atoms with Crippen LogP contribution >= 0.6 is 0 Å². The zero-order valence-corrected chi connectivity index (χ0v) is 10.2. The third-order valence-corrected chi connectivity index (χ3v) is 2.77. The van der Waals surface area contributed by atoms with E-state index in [1.807, 2.05) is 6.92 Å². The van der Waals surface area contributed by atoms with Gasteiger partial charge in [0.2, 0.25) is 0 Å². The lowest BCUT2D eigenvalue weighted by atomic mass is 9.98. The topological polar surface area (TPSA) is 53.1 Å². The van der Waals surface area contributed by atoms with Gasteiger partial charge in [-0.2, -0.15) is 5.10 Å². The van der Waals surface area contributed by atoms with Crippen LogP contribution in [0.4, 0.5) is 4.39 Å². The standard InChI is InChI=1S/C11H20FN3O/c1-4-6-15-10(9(16-3)7-14-15)11(12,5-2)8-13/h7H,4-6,8,13H2,1-3H3. The first kappa shape index (κ1) is 13.0. The summed E-state index contributed by atoms with van der Waals surface area (Å²) in [6, 6.07) is 0. The van der Waals surface area contributed by atoms with Crippen LogP contribution in [0, 0.1) is 0 Å². The van der Waals surface area contributed by atoms with Crippen LogP contribution in [0.25, 0.3) is 0 Å². The normalized spacial score (nSPS) is 14.8. The molecule has 0 bridgehead atoms. The fourth-order valence-corrected chi connectivity index (χ4v) is 1.76. The molecule has 1 unspecified atom stereocenters. The van der Waals surface area contributed by atoms with E-state index < -0.39 is 5.67 Å². The fourth-order valence-electron chi connectivity index (χ4n) is 1.76. The maximum atomic E-state index is 14.6. The Balaban J connectivity index is 3.20. The molecule has 0 saturated carbocycles. The zero-order chi connectivity index (χ0) is 12.2. The van der Waals surface area contributed by atoms with Gasteiger partial charge in [0.05, 0.1) is 13.3 Å². The number of nitrogens with two attached hydrogens (primary N) is 1.